The summed E-state index contributed by atoms with van der Waals surface area (Å²) in [7, 11) is -2.96. The van der Waals surface area contributed by atoms with Gasteiger partial charge >= 0.3 is 7.68 Å². The lowest BCUT2D eigenvalue weighted by atomic mass is 10.2. The number of benzene rings is 2. The van der Waals surface area contributed by atoms with Crippen LogP contribution < -0.4 is 5.32 Å². The van der Waals surface area contributed by atoms with Crippen LogP contribution in [0.5, 0.6) is 0 Å². The zero-order chi connectivity index (χ0) is 17.3. The molecule has 0 fully saturated rings. The van der Waals surface area contributed by atoms with Crippen molar-refractivity contribution in [1.29, 1.82) is 0 Å². The lowest BCUT2D eigenvalue weighted by Gasteiger charge is -2.27. The lowest BCUT2D eigenvalue weighted by molar-refractivity contribution is -0.189. The van der Waals surface area contributed by atoms with E-state index in [4.69, 9.17) is 9.47 Å². The summed E-state index contributed by atoms with van der Waals surface area (Å²) >= 11 is 0. The van der Waals surface area contributed by atoms with Gasteiger partial charge in [-0.3, -0.25) is 0 Å². The lowest BCUT2D eigenvalue weighted by Crippen LogP contribution is -2.41. The Morgan fingerprint density at radius 2 is 1.33 bits per heavy atom. The average molecular weight is 347 g/mol. The summed E-state index contributed by atoms with van der Waals surface area (Å²) in [5.41, 5.74) is 0.0777. The fourth-order valence-electron chi connectivity index (χ4n) is 2.14. The smallest absolute Gasteiger partial charge is 0.332 e. The first-order chi connectivity index (χ1) is 11.7. The Hall–Kier alpha value is -1.78. The fourth-order valence-corrected chi connectivity index (χ4v) is 2.72. The molecule has 0 bridgehead atoms. The first-order valence-electron chi connectivity index (χ1n) is 7.87. The van der Waals surface area contributed by atoms with Gasteiger partial charge in [0.1, 0.15) is 0 Å². The summed E-state index contributed by atoms with van der Waals surface area (Å²) in [6, 6.07) is 18.9. The molecular weight excluding hydrogens is 325 g/mol. The highest BCUT2D eigenvalue weighted by Gasteiger charge is 2.39. The summed E-state index contributed by atoms with van der Waals surface area (Å²) in [5.74, 6) is 0. The highest BCUT2D eigenvalue weighted by atomic mass is 31.1. The summed E-state index contributed by atoms with van der Waals surface area (Å²) in [4.78, 5) is 0. The van der Waals surface area contributed by atoms with Gasteiger partial charge in [-0.2, -0.15) is 0 Å². The zero-order valence-corrected chi connectivity index (χ0v) is 14.6. The van der Waals surface area contributed by atoms with E-state index in [1.165, 1.54) is 0 Å². The molecule has 0 saturated carbocycles. The molecule has 5 nitrogen and oxygen atoms in total. The van der Waals surface area contributed by atoms with Gasteiger partial charge in [0.25, 0.3) is 5.53 Å². The number of hydrogen-bond donors (Lipinski definition) is 1. The van der Waals surface area contributed by atoms with Crippen molar-refractivity contribution in [2.24, 2.45) is 0 Å². The molecule has 2 aromatic rings. The van der Waals surface area contributed by atoms with Gasteiger partial charge in [-0.05, 0) is 17.7 Å². The predicted molar refractivity (Wildman–Crippen MR) is 92.0 cm³/mol. The third-order valence-electron chi connectivity index (χ3n) is 3.49. The molecule has 128 valence electrons. The van der Waals surface area contributed by atoms with Gasteiger partial charge in [0, 0.05) is 0 Å². The molecule has 6 heteroatoms. The van der Waals surface area contributed by atoms with E-state index in [0.717, 1.165) is 11.1 Å². The molecule has 0 spiro atoms. The minimum Gasteiger partial charge on any atom is -0.332 e. The summed E-state index contributed by atoms with van der Waals surface area (Å²) in [5, 5.41) is 3.01. The number of ether oxygens (including phenoxy) is 2. The number of likely N-dealkylation sites (N-methyl/N-ethyl adjacent to an activating group) is 1. The second-order valence-electron chi connectivity index (χ2n) is 5.30. The number of hydrogen-bond acceptors (Lipinski definition) is 5. The van der Waals surface area contributed by atoms with Crippen LogP contribution in [0.15, 0.2) is 60.7 Å². The SMILES string of the molecule is CCNCC(OCc1ccccc1)(OCc1ccccc1)P(=O)=O. The van der Waals surface area contributed by atoms with E-state index in [9.17, 15) is 9.13 Å². The van der Waals surface area contributed by atoms with Crippen LogP contribution in [0.3, 0.4) is 0 Å². The van der Waals surface area contributed by atoms with E-state index in [1.807, 2.05) is 67.6 Å². The average Bonchev–Trinajstić information content (AvgIpc) is 2.63. The second kappa shape index (κ2) is 9.50. The Balaban J connectivity index is 2.12. The van der Waals surface area contributed by atoms with Crippen LogP contribution in [0, 0.1) is 0 Å². The van der Waals surface area contributed by atoms with E-state index in [0.29, 0.717) is 6.54 Å². The van der Waals surface area contributed by atoms with Crippen LogP contribution in [-0.4, -0.2) is 18.6 Å². The standard InChI is InChI=1S/C18H22NO4P/c1-2-19-15-18(24(20)21,22-13-16-9-5-3-6-10-16)23-14-17-11-7-4-8-12-17/h3-12,19H,2,13-15H2,1H3. The molecule has 24 heavy (non-hydrogen) atoms. The van der Waals surface area contributed by atoms with E-state index in [-0.39, 0.29) is 19.8 Å². The summed E-state index contributed by atoms with van der Waals surface area (Å²) in [6.07, 6.45) is 0. The van der Waals surface area contributed by atoms with Crippen molar-refractivity contribution in [3.63, 3.8) is 0 Å². The molecule has 2 aromatic carbocycles. The molecule has 0 aliphatic rings. The van der Waals surface area contributed by atoms with Crippen LogP contribution in [-0.2, 0) is 31.8 Å². The minimum absolute atomic E-state index is 0.0713. The van der Waals surface area contributed by atoms with Crippen molar-refractivity contribution < 1.29 is 18.6 Å². The van der Waals surface area contributed by atoms with Crippen molar-refractivity contribution in [3.8, 4) is 0 Å². The Labute approximate surface area is 142 Å². The molecular formula is C18H22NO4P. The Bertz CT molecular complexity index is 622. The molecule has 0 amide bonds. The minimum atomic E-state index is -2.96. The van der Waals surface area contributed by atoms with Crippen LogP contribution >= 0.6 is 7.68 Å². The molecule has 0 aromatic heterocycles. The number of rotatable bonds is 10. The van der Waals surface area contributed by atoms with Gasteiger partial charge < -0.3 is 14.8 Å². The van der Waals surface area contributed by atoms with Crippen molar-refractivity contribution in [1.82, 2.24) is 5.32 Å². The van der Waals surface area contributed by atoms with Crippen molar-refractivity contribution in [3.05, 3.63) is 71.8 Å². The van der Waals surface area contributed by atoms with Crippen molar-refractivity contribution in [2.75, 3.05) is 13.1 Å². The van der Waals surface area contributed by atoms with E-state index < -0.39 is 13.2 Å². The maximum absolute atomic E-state index is 11.9. The van der Waals surface area contributed by atoms with Gasteiger partial charge in [-0.15, -0.1) is 0 Å². The van der Waals surface area contributed by atoms with Crippen LogP contribution in [0.1, 0.15) is 18.1 Å². The summed E-state index contributed by atoms with van der Waals surface area (Å²) < 4.78 is 35.3. The topological polar surface area (TPSA) is 64.6 Å². The molecule has 1 N–H and O–H groups in total. The second-order valence-corrected chi connectivity index (χ2v) is 6.49. The van der Waals surface area contributed by atoms with Gasteiger partial charge in [-0.25, -0.2) is 9.13 Å². The quantitative estimate of drug-likeness (QED) is 0.522. The van der Waals surface area contributed by atoms with E-state index in [2.05, 4.69) is 5.32 Å². The Kier molecular flexibility index (Phi) is 7.35. The maximum atomic E-state index is 11.9. The number of nitrogens with one attached hydrogen (secondary N) is 1. The van der Waals surface area contributed by atoms with Gasteiger partial charge in [0.15, 0.2) is 0 Å². The molecule has 0 saturated heterocycles. The highest BCUT2D eigenvalue weighted by molar-refractivity contribution is 7.32. The predicted octanol–water partition coefficient (Wildman–Crippen LogP) is 3.86. The van der Waals surface area contributed by atoms with Crippen LogP contribution in [0.2, 0.25) is 0 Å². The molecule has 2 rings (SSSR count). The van der Waals surface area contributed by atoms with Gasteiger partial charge in [0.05, 0.1) is 19.8 Å². The first kappa shape index (κ1) is 18.6. The largest absolute Gasteiger partial charge is 0.378 e. The summed E-state index contributed by atoms with van der Waals surface area (Å²) in [6.45, 7) is 2.90. The normalized spacial score (nSPS) is 11.4. The molecule has 0 unspecified atom stereocenters. The van der Waals surface area contributed by atoms with E-state index >= 15 is 0 Å². The van der Waals surface area contributed by atoms with Crippen LogP contribution in [0.25, 0.3) is 0 Å². The fraction of sp³-hybridized carbons (Fsp3) is 0.333. The van der Waals surface area contributed by atoms with Gasteiger partial charge in [0.2, 0.25) is 0 Å². The van der Waals surface area contributed by atoms with Gasteiger partial charge in [-0.1, -0.05) is 67.6 Å². The third kappa shape index (κ3) is 5.39. The Morgan fingerprint density at radius 3 is 1.71 bits per heavy atom. The third-order valence-corrected chi connectivity index (χ3v) is 4.46. The van der Waals surface area contributed by atoms with Crippen molar-refractivity contribution in [2.45, 2.75) is 25.7 Å². The van der Waals surface area contributed by atoms with E-state index in [1.54, 1.807) is 0 Å². The molecule has 0 aliphatic carbocycles. The Morgan fingerprint density at radius 1 is 0.875 bits per heavy atom. The molecule has 0 heterocycles. The van der Waals surface area contributed by atoms with Crippen LogP contribution in [0.4, 0.5) is 0 Å². The molecule has 0 atom stereocenters. The monoisotopic (exact) mass is 347 g/mol. The first-order valence-corrected chi connectivity index (χ1v) is 9.05. The maximum Gasteiger partial charge on any atom is 0.378 e. The molecule has 0 aliphatic heterocycles. The zero-order valence-electron chi connectivity index (χ0n) is 13.7. The van der Waals surface area contributed by atoms with Crippen molar-refractivity contribution >= 4 is 7.68 Å². The molecule has 0 radical (unpaired) electrons. The highest BCUT2D eigenvalue weighted by Crippen LogP contribution is 2.33.